The molecule has 2 aromatic rings. The van der Waals surface area contributed by atoms with Crippen LogP contribution < -0.4 is 14.8 Å². The Hall–Kier alpha value is -2.44. The van der Waals surface area contributed by atoms with E-state index in [1.807, 2.05) is 24.3 Å². The van der Waals surface area contributed by atoms with Gasteiger partial charge in [0.1, 0.15) is 11.5 Å². The number of amides is 1. The van der Waals surface area contributed by atoms with E-state index >= 15 is 0 Å². The maximum atomic E-state index is 11.8. The summed E-state index contributed by atoms with van der Waals surface area (Å²) in [5.41, 5.74) is 1.07. The second-order valence-electron chi connectivity index (χ2n) is 6.14. The lowest BCUT2D eigenvalue weighted by atomic mass is 10.1. The molecule has 0 saturated carbocycles. The van der Waals surface area contributed by atoms with E-state index in [0.29, 0.717) is 41.8 Å². The highest BCUT2D eigenvalue weighted by Gasteiger charge is 2.08. The summed E-state index contributed by atoms with van der Waals surface area (Å²) in [5.74, 6) is 0.490. The molecule has 0 fully saturated rings. The normalized spacial score (nSPS) is 10.3. The molecule has 0 aliphatic rings. The Labute approximate surface area is 180 Å². The van der Waals surface area contributed by atoms with Crippen molar-refractivity contribution < 1.29 is 23.8 Å². The summed E-state index contributed by atoms with van der Waals surface area (Å²) in [6.45, 7) is 0.453. The van der Waals surface area contributed by atoms with Gasteiger partial charge in [-0.05, 0) is 48.7 Å². The van der Waals surface area contributed by atoms with Gasteiger partial charge in [0.15, 0.2) is 6.61 Å². The zero-order chi connectivity index (χ0) is 21.1. The lowest BCUT2D eigenvalue weighted by Crippen LogP contribution is -2.30. The summed E-state index contributed by atoms with van der Waals surface area (Å²) in [7, 11) is 1.61. The second kappa shape index (κ2) is 12.2. The molecular formula is C21H23Cl2NO5. The largest absolute Gasteiger partial charge is 0.497 e. The number of hydrogen-bond acceptors (Lipinski definition) is 5. The molecule has 0 radical (unpaired) electrons. The van der Waals surface area contributed by atoms with Crippen molar-refractivity contribution in [1.29, 1.82) is 0 Å². The smallest absolute Gasteiger partial charge is 0.306 e. The van der Waals surface area contributed by atoms with Crippen molar-refractivity contribution in [2.24, 2.45) is 0 Å². The Morgan fingerprint density at radius 2 is 1.83 bits per heavy atom. The number of halogens is 2. The van der Waals surface area contributed by atoms with Crippen LogP contribution in [0.1, 0.15) is 18.4 Å². The number of esters is 1. The molecule has 156 valence electrons. The van der Waals surface area contributed by atoms with Gasteiger partial charge in [-0.25, -0.2) is 0 Å². The maximum Gasteiger partial charge on any atom is 0.306 e. The number of nitrogens with one attached hydrogen (secondary N) is 1. The fraction of sp³-hybridized carbons (Fsp3) is 0.333. The second-order valence-corrected chi connectivity index (χ2v) is 6.98. The summed E-state index contributed by atoms with van der Waals surface area (Å²) in [4.78, 5) is 23.5. The SMILES string of the molecule is COc1ccc(CCNC(=O)COC(=O)CCCOc2ccc(Cl)cc2Cl)cc1. The number of methoxy groups -OCH3 is 1. The molecule has 1 amide bonds. The number of carbonyl (C=O) groups excluding carboxylic acids is 2. The van der Waals surface area contributed by atoms with E-state index < -0.39 is 5.97 Å². The lowest BCUT2D eigenvalue weighted by Gasteiger charge is -2.09. The van der Waals surface area contributed by atoms with E-state index in [9.17, 15) is 9.59 Å². The predicted molar refractivity (Wildman–Crippen MR) is 112 cm³/mol. The summed E-state index contributed by atoms with van der Waals surface area (Å²) < 4.78 is 15.6. The zero-order valence-corrected chi connectivity index (χ0v) is 17.6. The molecule has 0 aliphatic heterocycles. The molecule has 0 saturated heterocycles. The van der Waals surface area contributed by atoms with E-state index in [2.05, 4.69) is 5.32 Å². The van der Waals surface area contributed by atoms with Crippen molar-refractivity contribution in [1.82, 2.24) is 5.32 Å². The standard InChI is InChI=1S/C21H23Cl2NO5/c1-27-17-7-4-15(5-8-17)10-11-24-20(25)14-29-21(26)3-2-12-28-19-9-6-16(22)13-18(19)23/h4-9,13H,2-3,10-12,14H2,1H3,(H,24,25). The number of ether oxygens (including phenoxy) is 3. The first-order valence-corrected chi connectivity index (χ1v) is 9.86. The summed E-state index contributed by atoms with van der Waals surface area (Å²) >= 11 is 11.8. The van der Waals surface area contributed by atoms with Crippen LogP contribution in [0.4, 0.5) is 0 Å². The third kappa shape index (κ3) is 8.62. The Kier molecular flexibility index (Phi) is 9.60. The molecule has 0 unspecified atom stereocenters. The van der Waals surface area contributed by atoms with Crippen molar-refractivity contribution in [3.63, 3.8) is 0 Å². The molecule has 2 rings (SSSR count). The van der Waals surface area contributed by atoms with Crippen LogP contribution in [0.25, 0.3) is 0 Å². The van der Waals surface area contributed by atoms with E-state index in [0.717, 1.165) is 11.3 Å². The fourth-order valence-electron chi connectivity index (χ4n) is 2.40. The van der Waals surface area contributed by atoms with Crippen LogP contribution in [-0.2, 0) is 20.7 Å². The lowest BCUT2D eigenvalue weighted by molar-refractivity contribution is -0.148. The van der Waals surface area contributed by atoms with E-state index in [1.54, 1.807) is 25.3 Å². The van der Waals surface area contributed by atoms with Gasteiger partial charge in [0.2, 0.25) is 0 Å². The zero-order valence-electron chi connectivity index (χ0n) is 16.1. The minimum atomic E-state index is -0.457. The first-order valence-electron chi connectivity index (χ1n) is 9.11. The average Bonchev–Trinajstić information content (AvgIpc) is 2.71. The molecule has 0 bridgehead atoms. The first-order chi connectivity index (χ1) is 14.0. The quantitative estimate of drug-likeness (QED) is 0.422. The number of hydrogen-bond donors (Lipinski definition) is 1. The Morgan fingerprint density at radius 1 is 1.07 bits per heavy atom. The minimum absolute atomic E-state index is 0.143. The van der Waals surface area contributed by atoms with E-state index in [1.165, 1.54) is 0 Å². The molecule has 0 spiro atoms. The molecule has 2 aromatic carbocycles. The van der Waals surface area contributed by atoms with Gasteiger partial charge in [-0.2, -0.15) is 0 Å². The van der Waals surface area contributed by atoms with Crippen LogP contribution in [0.15, 0.2) is 42.5 Å². The monoisotopic (exact) mass is 439 g/mol. The van der Waals surface area contributed by atoms with E-state index in [4.69, 9.17) is 37.4 Å². The number of rotatable bonds is 11. The van der Waals surface area contributed by atoms with Crippen molar-refractivity contribution >= 4 is 35.1 Å². The molecule has 0 aliphatic carbocycles. The molecule has 0 aromatic heterocycles. The van der Waals surface area contributed by atoms with Gasteiger partial charge in [-0.1, -0.05) is 35.3 Å². The van der Waals surface area contributed by atoms with Crippen molar-refractivity contribution in [3.8, 4) is 11.5 Å². The molecule has 0 atom stereocenters. The van der Waals surface area contributed by atoms with Crippen LogP contribution in [0.2, 0.25) is 10.0 Å². The van der Waals surface area contributed by atoms with Gasteiger partial charge >= 0.3 is 5.97 Å². The molecular weight excluding hydrogens is 417 g/mol. The minimum Gasteiger partial charge on any atom is -0.497 e. The summed E-state index contributed by atoms with van der Waals surface area (Å²) in [5, 5.41) is 3.65. The predicted octanol–water partition coefficient (Wildman–Crippen LogP) is 4.06. The van der Waals surface area contributed by atoms with Gasteiger partial charge in [-0.3, -0.25) is 9.59 Å². The van der Waals surface area contributed by atoms with Crippen LogP contribution in [0.5, 0.6) is 11.5 Å². The molecule has 6 nitrogen and oxygen atoms in total. The highest BCUT2D eigenvalue weighted by molar-refractivity contribution is 6.35. The van der Waals surface area contributed by atoms with Gasteiger partial charge in [0.25, 0.3) is 5.91 Å². The number of carbonyl (C=O) groups is 2. The van der Waals surface area contributed by atoms with Crippen molar-refractivity contribution in [2.45, 2.75) is 19.3 Å². The highest BCUT2D eigenvalue weighted by atomic mass is 35.5. The summed E-state index contributed by atoms with van der Waals surface area (Å²) in [6, 6.07) is 12.5. The molecule has 29 heavy (non-hydrogen) atoms. The molecule has 1 N–H and O–H groups in total. The van der Waals surface area contributed by atoms with Crippen molar-refractivity contribution in [3.05, 3.63) is 58.1 Å². The highest BCUT2D eigenvalue weighted by Crippen LogP contribution is 2.27. The number of benzene rings is 2. The molecule has 8 heteroatoms. The van der Waals surface area contributed by atoms with Gasteiger partial charge < -0.3 is 19.5 Å². The summed E-state index contributed by atoms with van der Waals surface area (Å²) in [6.07, 6.45) is 1.26. The Morgan fingerprint density at radius 3 is 2.52 bits per heavy atom. The fourth-order valence-corrected chi connectivity index (χ4v) is 2.86. The maximum absolute atomic E-state index is 11.8. The van der Waals surface area contributed by atoms with E-state index in [-0.39, 0.29) is 18.9 Å². The van der Waals surface area contributed by atoms with Gasteiger partial charge in [-0.15, -0.1) is 0 Å². The topological polar surface area (TPSA) is 73.9 Å². The Balaban J connectivity index is 1.55. The third-order valence-electron chi connectivity index (χ3n) is 3.94. The first kappa shape index (κ1) is 22.8. The van der Waals surface area contributed by atoms with Gasteiger partial charge in [0, 0.05) is 18.0 Å². The van der Waals surface area contributed by atoms with Crippen LogP contribution in [-0.4, -0.2) is 38.7 Å². The average molecular weight is 440 g/mol. The van der Waals surface area contributed by atoms with Crippen molar-refractivity contribution in [2.75, 3.05) is 26.9 Å². The third-order valence-corrected chi connectivity index (χ3v) is 4.47. The Bertz CT molecular complexity index is 811. The van der Waals surface area contributed by atoms with Crippen LogP contribution in [0.3, 0.4) is 0 Å². The van der Waals surface area contributed by atoms with Gasteiger partial charge in [0.05, 0.1) is 18.7 Å². The van der Waals surface area contributed by atoms with Crippen LogP contribution in [0, 0.1) is 0 Å². The van der Waals surface area contributed by atoms with Crippen LogP contribution >= 0.6 is 23.2 Å². The molecule has 0 heterocycles.